The summed E-state index contributed by atoms with van der Waals surface area (Å²) in [4.78, 5) is 12.6. The van der Waals surface area contributed by atoms with Gasteiger partial charge in [0, 0.05) is 34.5 Å². The fraction of sp³-hybridized carbons (Fsp3) is 0.474. The molecule has 0 unspecified atom stereocenters. The highest BCUT2D eigenvalue weighted by Crippen LogP contribution is 2.26. The largest absolute Gasteiger partial charge is 0.375 e. The molecule has 3 rings (SSSR count). The van der Waals surface area contributed by atoms with Crippen molar-refractivity contribution in [1.29, 1.82) is 0 Å². The van der Waals surface area contributed by atoms with Gasteiger partial charge in [-0.15, -0.1) is 0 Å². The predicted octanol–water partition coefficient (Wildman–Crippen LogP) is 3.65. The number of rotatable bonds is 4. The van der Waals surface area contributed by atoms with Gasteiger partial charge in [0.1, 0.15) is 0 Å². The Morgan fingerprint density at radius 3 is 2.80 bits per heavy atom. The molecule has 1 saturated heterocycles. The van der Waals surface area contributed by atoms with Crippen LogP contribution < -0.4 is 5.32 Å². The third-order valence-electron chi connectivity index (χ3n) is 4.59. The lowest BCUT2D eigenvalue weighted by molar-refractivity contribution is -0.123. The van der Waals surface area contributed by atoms with E-state index in [9.17, 15) is 4.79 Å². The maximum absolute atomic E-state index is 12.6. The molecule has 2 aromatic rings. The highest BCUT2D eigenvalue weighted by Gasteiger charge is 2.30. The van der Waals surface area contributed by atoms with Crippen molar-refractivity contribution in [3.8, 4) is 11.3 Å². The molecule has 0 aliphatic carbocycles. The van der Waals surface area contributed by atoms with Crippen LogP contribution in [0.5, 0.6) is 0 Å². The van der Waals surface area contributed by atoms with E-state index in [0.717, 1.165) is 35.4 Å². The number of aryl methyl sites for hydroxylation is 1. The van der Waals surface area contributed by atoms with Crippen LogP contribution in [0.2, 0.25) is 5.02 Å². The summed E-state index contributed by atoms with van der Waals surface area (Å²) in [5, 5.41) is 11.2. The first kappa shape index (κ1) is 18.0. The molecule has 2 heterocycles. The number of ether oxygens (including phenoxy) is 1. The first-order chi connectivity index (χ1) is 11.8. The van der Waals surface area contributed by atoms with Gasteiger partial charge in [-0.1, -0.05) is 23.7 Å². The molecule has 1 atom stereocenters. The second-order valence-corrected chi connectivity index (χ2v) is 7.66. The van der Waals surface area contributed by atoms with Crippen molar-refractivity contribution in [3.05, 3.63) is 40.5 Å². The highest BCUT2D eigenvalue weighted by atomic mass is 35.5. The molecule has 0 saturated carbocycles. The van der Waals surface area contributed by atoms with Crippen molar-refractivity contribution >= 4 is 17.5 Å². The SMILES string of the molecule is Cc1[nH]nc(-c2ccc(Cl)cc2)c1CC(=O)N[C@@H]1CCOC(C)(C)C1. The number of halogens is 1. The summed E-state index contributed by atoms with van der Waals surface area (Å²) in [6, 6.07) is 7.65. The number of nitrogens with zero attached hydrogens (tertiary/aromatic N) is 1. The van der Waals surface area contributed by atoms with Crippen LogP contribution in [0.15, 0.2) is 24.3 Å². The molecule has 0 bridgehead atoms. The van der Waals surface area contributed by atoms with Crippen molar-refractivity contribution in [1.82, 2.24) is 15.5 Å². The maximum Gasteiger partial charge on any atom is 0.224 e. The number of aromatic amines is 1. The second-order valence-electron chi connectivity index (χ2n) is 7.22. The maximum atomic E-state index is 12.6. The number of nitrogens with one attached hydrogen (secondary N) is 2. The molecule has 0 radical (unpaired) electrons. The number of hydrogen-bond donors (Lipinski definition) is 2. The fourth-order valence-corrected chi connectivity index (χ4v) is 3.44. The summed E-state index contributed by atoms with van der Waals surface area (Å²) in [5.41, 5.74) is 3.40. The standard InChI is InChI=1S/C19H24ClN3O2/c1-12-16(18(23-22-12)13-4-6-14(20)7-5-13)10-17(24)21-15-8-9-25-19(2,3)11-15/h4-7,15H,8-11H2,1-3H3,(H,21,24)(H,22,23)/t15-/m1/s1. The van der Waals surface area contributed by atoms with E-state index >= 15 is 0 Å². The van der Waals surface area contributed by atoms with Crippen molar-refractivity contribution in [2.75, 3.05) is 6.61 Å². The number of H-pyrrole nitrogens is 1. The third kappa shape index (κ3) is 4.41. The van der Waals surface area contributed by atoms with Gasteiger partial charge >= 0.3 is 0 Å². The minimum absolute atomic E-state index is 0.0161. The van der Waals surface area contributed by atoms with Crippen LogP contribution in [-0.4, -0.2) is 34.4 Å². The molecule has 1 aliphatic heterocycles. The number of benzene rings is 1. The van der Waals surface area contributed by atoms with E-state index in [0.29, 0.717) is 18.1 Å². The number of hydrogen-bond acceptors (Lipinski definition) is 3. The van der Waals surface area contributed by atoms with Gasteiger partial charge in [0.05, 0.1) is 17.7 Å². The van der Waals surface area contributed by atoms with Crippen LogP contribution in [0.3, 0.4) is 0 Å². The Bertz CT molecular complexity index is 753. The molecule has 5 nitrogen and oxygen atoms in total. The zero-order valence-corrected chi connectivity index (χ0v) is 15.6. The molecular weight excluding hydrogens is 338 g/mol. The number of carbonyl (C=O) groups is 1. The van der Waals surface area contributed by atoms with Crippen LogP contribution in [0.25, 0.3) is 11.3 Å². The molecule has 0 spiro atoms. The molecule has 134 valence electrons. The summed E-state index contributed by atoms with van der Waals surface area (Å²) in [7, 11) is 0. The van der Waals surface area contributed by atoms with E-state index in [1.165, 1.54) is 0 Å². The van der Waals surface area contributed by atoms with Crippen LogP contribution >= 0.6 is 11.6 Å². The van der Waals surface area contributed by atoms with E-state index in [4.69, 9.17) is 16.3 Å². The Morgan fingerprint density at radius 1 is 1.40 bits per heavy atom. The number of carbonyl (C=O) groups excluding carboxylic acids is 1. The van der Waals surface area contributed by atoms with Crippen LogP contribution in [0.1, 0.15) is 37.9 Å². The van der Waals surface area contributed by atoms with Gasteiger partial charge in [0.2, 0.25) is 5.91 Å². The molecule has 1 aromatic carbocycles. The lowest BCUT2D eigenvalue weighted by atomic mass is 9.93. The van der Waals surface area contributed by atoms with Crippen LogP contribution in [0, 0.1) is 6.92 Å². The Labute approximate surface area is 153 Å². The van der Waals surface area contributed by atoms with E-state index in [1.54, 1.807) is 0 Å². The smallest absolute Gasteiger partial charge is 0.224 e. The monoisotopic (exact) mass is 361 g/mol. The molecule has 2 N–H and O–H groups in total. The normalized spacial score (nSPS) is 19.6. The lowest BCUT2D eigenvalue weighted by Gasteiger charge is -2.35. The zero-order chi connectivity index (χ0) is 18.0. The average molecular weight is 362 g/mol. The summed E-state index contributed by atoms with van der Waals surface area (Å²) < 4.78 is 5.71. The van der Waals surface area contributed by atoms with E-state index in [1.807, 2.05) is 31.2 Å². The fourth-order valence-electron chi connectivity index (χ4n) is 3.31. The predicted molar refractivity (Wildman–Crippen MR) is 98.7 cm³/mol. The molecular formula is C19H24ClN3O2. The Balaban J connectivity index is 1.71. The van der Waals surface area contributed by atoms with Gasteiger partial charge in [-0.05, 0) is 45.7 Å². The average Bonchev–Trinajstić information content (AvgIpc) is 2.88. The molecule has 1 fully saturated rings. The van der Waals surface area contributed by atoms with Gasteiger partial charge in [0.15, 0.2) is 0 Å². The molecule has 1 aliphatic rings. The van der Waals surface area contributed by atoms with Crippen LogP contribution in [0.4, 0.5) is 0 Å². The van der Waals surface area contributed by atoms with E-state index in [2.05, 4.69) is 29.4 Å². The zero-order valence-electron chi connectivity index (χ0n) is 14.9. The Hall–Kier alpha value is -1.85. The van der Waals surface area contributed by atoms with Gasteiger partial charge in [-0.3, -0.25) is 9.89 Å². The molecule has 6 heteroatoms. The van der Waals surface area contributed by atoms with Crippen molar-refractivity contribution in [2.45, 2.75) is 51.7 Å². The molecule has 25 heavy (non-hydrogen) atoms. The minimum Gasteiger partial charge on any atom is -0.375 e. The summed E-state index contributed by atoms with van der Waals surface area (Å²) in [6.07, 6.45) is 1.98. The topological polar surface area (TPSA) is 67.0 Å². The third-order valence-corrected chi connectivity index (χ3v) is 4.84. The first-order valence-corrected chi connectivity index (χ1v) is 8.95. The minimum atomic E-state index is -0.184. The summed E-state index contributed by atoms with van der Waals surface area (Å²) >= 11 is 5.96. The van der Waals surface area contributed by atoms with Gasteiger partial charge in [-0.2, -0.15) is 5.10 Å². The van der Waals surface area contributed by atoms with Gasteiger partial charge < -0.3 is 10.1 Å². The Morgan fingerprint density at radius 2 is 2.12 bits per heavy atom. The highest BCUT2D eigenvalue weighted by molar-refractivity contribution is 6.30. The van der Waals surface area contributed by atoms with Crippen molar-refractivity contribution in [2.24, 2.45) is 0 Å². The Kier molecular flexibility index (Phi) is 5.16. The molecule has 1 amide bonds. The first-order valence-electron chi connectivity index (χ1n) is 8.57. The number of aromatic nitrogens is 2. The number of amides is 1. The second kappa shape index (κ2) is 7.18. The quantitative estimate of drug-likeness (QED) is 0.873. The van der Waals surface area contributed by atoms with Crippen LogP contribution in [-0.2, 0) is 16.0 Å². The van der Waals surface area contributed by atoms with Gasteiger partial charge in [-0.25, -0.2) is 0 Å². The lowest BCUT2D eigenvalue weighted by Crippen LogP contribution is -2.46. The van der Waals surface area contributed by atoms with Gasteiger partial charge in [0.25, 0.3) is 0 Å². The van der Waals surface area contributed by atoms with E-state index in [-0.39, 0.29) is 17.6 Å². The molecule has 1 aromatic heterocycles. The summed E-state index contributed by atoms with van der Waals surface area (Å²) in [5.74, 6) is 0.0161. The summed E-state index contributed by atoms with van der Waals surface area (Å²) in [6.45, 7) is 6.74. The van der Waals surface area contributed by atoms with Crippen molar-refractivity contribution in [3.63, 3.8) is 0 Å². The van der Waals surface area contributed by atoms with Crippen molar-refractivity contribution < 1.29 is 9.53 Å². The van der Waals surface area contributed by atoms with E-state index < -0.39 is 0 Å².